The highest BCUT2D eigenvalue weighted by molar-refractivity contribution is 5.96. The standard InChI is InChI=1S/C18H18FN3O2/c1-11(17-12(2)21-24-13(17)3)18(23)20-16-10-14(6-7-15(16)19)22-8-4-5-9-22/h4-11H,1-3H3,(H,20,23)/t11-/m1/s1. The molecule has 6 heteroatoms. The van der Waals surface area contributed by atoms with Crippen LogP contribution < -0.4 is 5.32 Å². The fourth-order valence-corrected chi connectivity index (χ4v) is 2.76. The van der Waals surface area contributed by atoms with Crippen LogP contribution >= 0.6 is 0 Å². The Hall–Kier alpha value is -2.89. The fourth-order valence-electron chi connectivity index (χ4n) is 2.76. The zero-order valence-corrected chi connectivity index (χ0v) is 13.7. The first-order chi connectivity index (χ1) is 11.5. The molecule has 0 aliphatic carbocycles. The van der Waals surface area contributed by atoms with Gasteiger partial charge < -0.3 is 14.4 Å². The maximum Gasteiger partial charge on any atom is 0.231 e. The highest BCUT2D eigenvalue weighted by atomic mass is 19.1. The van der Waals surface area contributed by atoms with E-state index in [9.17, 15) is 9.18 Å². The van der Waals surface area contributed by atoms with Gasteiger partial charge in [0, 0.05) is 23.6 Å². The number of hydrogen-bond acceptors (Lipinski definition) is 3. The molecule has 3 aromatic rings. The zero-order valence-electron chi connectivity index (χ0n) is 13.7. The zero-order chi connectivity index (χ0) is 17.3. The summed E-state index contributed by atoms with van der Waals surface area (Å²) in [7, 11) is 0. The van der Waals surface area contributed by atoms with Gasteiger partial charge in [-0.3, -0.25) is 4.79 Å². The van der Waals surface area contributed by atoms with Crippen LogP contribution in [0.25, 0.3) is 5.69 Å². The molecule has 0 bridgehead atoms. The predicted octanol–water partition coefficient (Wildman–Crippen LogP) is 3.96. The minimum atomic E-state index is -0.495. The van der Waals surface area contributed by atoms with Gasteiger partial charge in [-0.2, -0.15) is 0 Å². The SMILES string of the molecule is Cc1noc(C)c1[C@@H](C)C(=O)Nc1cc(-n2cccc2)ccc1F. The first kappa shape index (κ1) is 16.0. The highest BCUT2D eigenvalue weighted by Crippen LogP contribution is 2.26. The first-order valence-electron chi connectivity index (χ1n) is 7.64. The summed E-state index contributed by atoms with van der Waals surface area (Å²) in [5.74, 6) is -0.694. The van der Waals surface area contributed by atoms with Crippen LogP contribution in [0.3, 0.4) is 0 Å². The van der Waals surface area contributed by atoms with Gasteiger partial charge in [0.2, 0.25) is 5.91 Å². The second kappa shape index (κ2) is 6.31. The Morgan fingerprint density at radius 2 is 2.00 bits per heavy atom. The van der Waals surface area contributed by atoms with E-state index in [1.165, 1.54) is 6.07 Å². The molecular formula is C18H18FN3O2. The van der Waals surface area contributed by atoms with Gasteiger partial charge in [0.25, 0.3) is 0 Å². The van der Waals surface area contributed by atoms with Gasteiger partial charge in [-0.25, -0.2) is 4.39 Å². The van der Waals surface area contributed by atoms with Crippen molar-refractivity contribution < 1.29 is 13.7 Å². The summed E-state index contributed by atoms with van der Waals surface area (Å²) in [5, 5.41) is 6.52. The third kappa shape index (κ3) is 2.95. The Bertz CT molecular complexity index is 849. The van der Waals surface area contributed by atoms with Crippen LogP contribution in [0.15, 0.2) is 47.2 Å². The number of carbonyl (C=O) groups excluding carboxylic acids is 1. The molecule has 0 saturated heterocycles. The number of rotatable bonds is 4. The molecule has 124 valence electrons. The van der Waals surface area contributed by atoms with Crippen molar-refractivity contribution >= 4 is 11.6 Å². The van der Waals surface area contributed by atoms with E-state index in [1.54, 1.807) is 32.9 Å². The van der Waals surface area contributed by atoms with Crippen molar-refractivity contribution in [1.82, 2.24) is 9.72 Å². The van der Waals surface area contributed by atoms with E-state index in [0.717, 1.165) is 11.3 Å². The number of aryl methyl sites for hydroxylation is 2. The molecular weight excluding hydrogens is 309 g/mol. The number of aromatic nitrogens is 2. The van der Waals surface area contributed by atoms with Gasteiger partial charge >= 0.3 is 0 Å². The average Bonchev–Trinajstić information content (AvgIpc) is 3.19. The highest BCUT2D eigenvalue weighted by Gasteiger charge is 2.23. The van der Waals surface area contributed by atoms with E-state index in [0.29, 0.717) is 11.5 Å². The van der Waals surface area contributed by atoms with Crippen molar-refractivity contribution in [1.29, 1.82) is 0 Å². The minimum Gasteiger partial charge on any atom is -0.361 e. The molecule has 0 radical (unpaired) electrons. The van der Waals surface area contributed by atoms with Crippen LogP contribution in [-0.4, -0.2) is 15.6 Å². The summed E-state index contributed by atoms with van der Waals surface area (Å²) in [6, 6.07) is 8.35. The monoisotopic (exact) mass is 327 g/mol. The number of halogens is 1. The maximum absolute atomic E-state index is 14.1. The fraction of sp³-hybridized carbons (Fsp3) is 0.222. The van der Waals surface area contributed by atoms with Crippen molar-refractivity contribution in [3.8, 4) is 5.69 Å². The van der Waals surface area contributed by atoms with E-state index in [-0.39, 0.29) is 11.6 Å². The number of anilines is 1. The lowest BCUT2D eigenvalue weighted by molar-refractivity contribution is -0.117. The summed E-state index contributed by atoms with van der Waals surface area (Å²) < 4.78 is 21.0. The lowest BCUT2D eigenvalue weighted by Crippen LogP contribution is -2.20. The Morgan fingerprint density at radius 1 is 1.29 bits per heavy atom. The summed E-state index contributed by atoms with van der Waals surface area (Å²) in [6.07, 6.45) is 3.71. The molecule has 0 unspecified atom stereocenters. The predicted molar refractivity (Wildman–Crippen MR) is 88.7 cm³/mol. The Morgan fingerprint density at radius 3 is 2.62 bits per heavy atom. The normalized spacial score (nSPS) is 12.2. The van der Waals surface area contributed by atoms with Crippen LogP contribution in [0.2, 0.25) is 0 Å². The summed E-state index contributed by atoms with van der Waals surface area (Å²) in [6.45, 7) is 5.28. The lowest BCUT2D eigenvalue weighted by Gasteiger charge is -2.14. The number of hydrogen-bond donors (Lipinski definition) is 1. The molecule has 0 saturated carbocycles. The number of carbonyl (C=O) groups is 1. The van der Waals surface area contributed by atoms with Crippen LogP contribution in [0.1, 0.15) is 29.9 Å². The van der Waals surface area contributed by atoms with Crippen molar-refractivity contribution in [2.75, 3.05) is 5.32 Å². The molecule has 1 amide bonds. The van der Waals surface area contributed by atoms with Crippen LogP contribution in [0.5, 0.6) is 0 Å². The van der Waals surface area contributed by atoms with Crippen molar-refractivity contribution in [3.63, 3.8) is 0 Å². The molecule has 5 nitrogen and oxygen atoms in total. The van der Waals surface area contributed by atoms with Gasteiger partial charge in [0.15, 0.2) is 0 Å². The Balaban J connectivity index is 1.85. The molecule has 0 aliphatic rings. The van der Waals surface area contributed by atoms with E-state index in [2.05, 4.69) is 10.5 Å². The molecule has 1 aromatic carbocycles. The van der Waals surface area contributed by atoms with Crippen molar-refractivity contribution in [2.24, 2.45) is 0 Å². The Labute approximate surface area is 139 Å². The minimum absolute atomic E-state index is 0.143. The van der Waals surface area contributed by atoms with E-state index < -0.39 is 11.7 Å². The van der Waals surface area contributed by atoms with Gasteiger partial charge in [0.05, 0.1) is 17.3 Å². The molecule has 0 spiro atoms. The average molecular weight is 327 g/mol. The summed E-state index contributed by atoms with van der Waals surface area (Å²) in [4.78, 5) is 12.5. The van der Waals surface area contributed by atoms with E-state index >= 15 is 0 Å². The largest absolute Gasteiger partial charge is 0.361 e. The number of benzene rings is 1. The molecule has 1 N–H and O–H groups in total. The van der Waals surface area contributed by atoms with Gasteiger partial charge in [-0.15, -0.1) is 0 Å². The van der Waals surface area contributed by atoms with E-state index in [1.807, 2.05) is 29.1 Å². The first-order valence-corrected chi connectivity index (χ1v) is 7.64. The van der Waals surface area contributed by atoms with Gasteiger partial charge in [-0.1, -0.05) is 5.16 Å². The van der Waals surface area contributed by atoms with E-state index in [4.69, 9.17) is 4.52 Å². The molecule has 0 aliphatic heterocycles. The maximum atomic E-state index is 14.1. The topological polar surface area (TPSA) is 60.1 Å². The number of amides is 1. The second-order valence-electron chi connectivity index (χ2n) is 5.70. The molecule has 2 aromatic heterocycles. The second-order valence-corrected chi connectivity index (χ2v) is 5.70. The van der Waals surface area contributed by atoms with Crippen molar-refractivity contribution in [3.05, 3.63) is 65.6 Å². The summed E-state index contributed by atoms with van der Waals surface area (Å²) >= 11 is 0. The van der Waals surface area contributed by atoms with Gasteiger partial charge in [0.1, 0.15) is 11.6 Å². The molecule has 3 rings (SSSR count). The number of nitrogens with one attached hydrogen (secondary N) is 1. The number of nitrogens with zero attached hydrogens (tertiary/aromatic N) is 2. The van der Waals surface area contributed by atoms with Crippen LogP contribution in [0, 0.1) is 19.7 Å². The third-order valence-electron chi connectivity index (χ3n) is 4.03. The molecule has 24 heavy (non-hydrogen) atoms. The third-order valence-corrected chi connectivity index (χ3v) is 4.03. The van der Waals surface area contributed by atoms with Crippen LogP contribution in [-0.2, 0) is 4.79 Å². The lowest BCUT2D eigenvalue weighted by atomic mass is 9.98. The summed E-state index contributed by atoms with van der Waals surface area (Å²) in [5.41, 5.74) is 2.30. The molecule has 0 fully saturated rings. The van der Waals surface area contributed by atoms with Crippen molar-refractivity contribution in [2.45, 2.75) is 26.7 Å². The molecule has 2 heterocycles. The van der Waals surface area contributed by atoms with Crippen LogP contribution in [0.4, 0.5) is 10.1 Å². The quantitative estimate of drug-likeness (QED) is 0.789. The Kier molecular flexibility index (Phi) is 4.20. The molecule has 1 atom stereocenters. The van der Waals surface area contributed by atoms with Gasteiger partial charge in [-0.05, 0) is 51.1 Å². The smallest absolute Gasteiger partial charge is 0.231 e.